The van der Waals surface area contributed by atoms with E-state index in [1.54, 1.807) is 17.0 Å². The third kappa shape index (κ3) is 5.35. The maximum atomic E-state index is 13.3. The number of thioether (sulfide) groups is 1. The third-order valence-electron chi connectivity index (χ3n) is 5.04. The largest absolute Gasteiger partial charge is 0.351 e. The molecule has 1 aliphatic rings. The zero-order valence-corrected chi connectivity index (χ0v) is 16.8. The molecule has 6 heteroatoms. The average Bonchev–Trinajstić information content (AvgIpc) is 2.71. The molecule has 0 spiro atoms. The average molecular weight is 401 g/mol. The van der Waals surface area contributed by atoms with Gasteiger partial charge in [0.05, 0.1) is 11.2 Å². The van der Waals surface area contributed by atoms with Crippen molar-refractivity contribution in [3.8, 4) is 0 Å². The number of carbonyl (C=O) groups is 2. The van der Waals surface area contributed by atoms with Crippen LogP contribution < -0.4 is 5.32 Å². The summed E-state index contributed by atoms with van der Waals surface area (Å²) in [6, 6.07) is 16.0. The van der Waals surface area contributed by atoms with Crippen LogP contribution in [0.3, 0.4) is 0 Å². The minimum Gasteiger partial charge on any atom is -0.351 e. The van der Waals surface area contributed by atoms with Gasteiger partial charge in [-0.25, -0.2) is 4.39 Å². The second-order valence-electron chi connectivity index (χ2n) is 7.39. The van der Waals surface area contributed by atoms with E-state index in [2.05, 4.69) is 5.32 Å². The Morgan fingerprint density at radius 3 is 2.71 bits per heavy atom. The van der Waals surface area contributed by atoms with Gasteiger partial charge in [-0.15, -0.1) is 11.8 Å². The van der Waals surface area contributed by atoms with E-state index in [0.29, 0.717) is 18.8 Å². The van der Waals surface area contributed by atoms with Crippen molar-refractivity contribution in [2.45, 2.75) is 31.2 Å². The summed E-state index contributed by atoms with van der Waals surface area (Å²) < 4.78 is 13.3. The van der Waals surface area contributed by atoms with Crippen LogP contribution >= 0.6 is 11.8 Å². The topological polar surface area (TPSA) is 49.4 Å². The Morgan fingerprint density at radius 2 is 1.96 bits per heavy atom. The van der Waals surface area contributed by atoms with Gasteiger partial charge in [0.1, 0.15) is 5.82 Å². The van der Waals surface area contributed by atoms with Crippen LogP contribution in [0.1, 0.15) is 25.3 Å². The molecule has 2 amide bonds. The van der Waals surface area contributed by atoms with Crippen LogP contribution in [0.2, 0.25) is 0 Å². The first-order chi connectivity index (χ1) is 13.5. The molecule has 2 aromatic carbocycles. The monoisotopic (exact) mass is 400 g/mol. The van der Waals surface area contributed by atoms with Crippen molar-refractivity contribution >= 4 is 23.6 Å². The number of halogens is 1. The van der Waals surface area contributed by atoms with Gasteiger partial charge in [-0.3, -0.25) is 9.59 Å². The first-order valence-electron chi connectivity index (χ1n) is 9.45. The molecule has 1 aliphatic heterocycles. The lowest BCUT2D eigenvalue weighted by molar-refractivity contribution is -0.139. The zero-order chi connectivity index (χ0) is 20.0. The molecule has 3 rings (SSSR count). The summed E-state index contributed by atoms with van der Waals surface area (Å²) in [5.74, 6) is 0.0105. The Labute approximate surface area is 169 Å². The summed E-state index contributed by atoms with van der Waals surface area (Å²) in [6.07, 6.45) is 1.53. The smallest absolute Gasteiger partial charge is 0.232 e. The van der Waals surface area contributed by atoms with Crippen LogP contribution in [-0.4, -0.2) is 35.6 Å². The van der Waals surface area contributed by atoms with Gasteiger partial charge in [-0.05, 0) is 49.6 Å². The molecule has 0 saturated carbocycles. The SMILES string of the molecule is C[C@]1(C(=O)NCc2cccc(F)c2)CCCN(C(=O)CSc2ccccc2)C1. The highest BCUT2D eigenvalue weighted by molar-refractivity contribution is 8.00. The van der Waals surface area contributed by atoms with Crippen LogP contribution in [0.5, 0.6) is 0 Å². The fourth-order valence-electron chi connectivity index (χ4n) is 3.43. The van der Waals surface area contributed by atoms with Gasteiger partial charge >= 0.3 is 0 Å². The predicted molar refractivity (Wildman–Crippen MR) is 109 cm³/mol. The van der Waals surface area contributed by atoms with Gasteiger partial charge in [0.15, 0.2) is 0 Å². The summed E-state index contributed by atoms with van der Waals surface area (Å²) in [5.41, 5.74) is 0.0958. The van der Waals surface area contributed by atoms with E-state index in [1.165, 1.54) is 23.9 Å². The van der Waals surface area contributed by atoms with Crippen molar-refractivity contribution in [1.82, 2.24) is 10.2 Å². The van der Waals surface area contributed by atoms with E-state index in [9.17, 15) is 14.0 Å². The molecule has 1 heterocycles. The summed E-state index contributed by atoms with van der Waals surface area (Å²) in [4.78, 5) is 28.3. The molecule has 1 N–H and O–H groups in total. The molecule has 4 nitrogen and oxygen atoms in total. The van der Waals surface area contributed by atoms with Crippen LogP contribution in [0.15, 0.2) is 59.5 Å². The fourth-order valence-corrected chi connectivity index (χ4v) is 4.26. The van der Waals surface area contributed by atoms with E-state index in [4.69, 9.17) is 0 Å². The number of hydrogen-bond acceptors (Lipinski definition) is 3. The first-order valence-corrected chi connectivity index (χ1v) is 10.4. The minimum absolute atomic E-state index is 0.0534. The van der Waals surface area contributed by atoms with Crippen LogP contribution in [0, 0.1) is 11.2 Å². The Morgan fingerprint density at radius 1 is 1.18 bits per heavy atom. The van der Waals surface area contributed by atoms with Crippen molar-refractivity contribution in [3.63, 3.8) is 0 Å². The van der Waals surface area contributed by atoms with Gasteiger partial charge in [0.25, 0.3) is 0 Å². The maximum absolute atomic E-state index is 13.3. The second-order valence-corrected chi connectivity index (χ2v) is 8.44. The molecule has 148 valence electrons. The van der Waals surface area contributed by atoms with Gasteiger partial charge in [-0.1, -0.05) is 30.3 Å². The Kier molecular flexibility index (Phi) is 6.73. The van der Waals surface area contributed by atoms with Crippen molar-refractivity contribution in [2.75, 3.05) is 18.8 Å². The number of likely N-dealkylation sites (tertiary alicyclic amines) is 1. The van der Waals surface area contributed by atoms with Crippen molar-refractivity contribution in [2.24, 2.45) is 5.41 Å². The van der Waals surface area contributed by atoms with Crippen LogP contribution in [0.25, 0.3) is 0 Å². The second kappa shape index (κ2) is 9.24. The number of rotatable bonds is 6. The van der Waals surface area contributed by atoms with E-state index in [1.807, 2.05) is 37.3 Å². The van der Waals surface area contributed by atoms with Crippen LogP contribution in [0.4, 0.5) is 4.39 Å². The third-order valence-corrected chi connectivity index (χ3v) is 6.04. The summed E-state index contributed by atoms with van der Waals surface area (Å²) in [7, 11) is 0. The lowest BCUT2D eigenvalue weighted by Gasteiger charge is -2.39. The highest BCUT2D eigenvalue weighted by Crippen LogP contribution is 2.30. The molecule has 1 fully saturated rings. The number of carbonyl (C=O) groups excluding carboxylic acids is 2. The lowest BCUT2D eigenvalue weighted by Crippen LogP contribution is -2.52. The molecule has 0 unspecified atom stereocenters. The van der Waals surface area contributed by atoms with Gasteiger partial charge in [0.2, 0.25) is 11.8 Å². The number of hydrogen-bond donors (Lipinski definition) is 1. The standard InChI is InChI=1S/C22H25FN2O2S/c1-22(21(27)24-14-17-7-5-8-18(23)13-17)11-6-12-25(16-22)20(26)15-28-19-9-3-2-4-10-19/h2-5,7-10,13H,6,11-12,14-16H2,1H3,(H,24,27)/t22-/m0/s1. The molecule has 0 radical (unpaired) electrons. The highest BCUT2D eigenvalue weighted by atomic mass is 32.2. The van der Waals surface area contributed by atoms with Crippen molar-refractivity contribution < 1.29 is 14.0 Å². The molecule has 0 aromatic heterocycles. The predicted octanol–water partition coefficient (Wildman–Crippen LogP) is 3.86. The molecule has 1 saturated heterocycles. The zero-order valence-electron chi connectivity index (χ0n) is 16.0. The molecule has 1 atom stereocenters. The van der Waals surface area contributed by atoms with Gasteiger partial charge in [0, 0.05) is 24.5 Å². The molecule has 2 aromatic rings. The van der Waals surface area contributed by atoms with E-state index >= 15 is 0 Å². The molecular formula is C22H25FN2O2S. The van der Waals surface area contributed by atoms with E-state index < -0.39 is 5.41 Å². The maximum Gasteiger partial charge on any atom is 0.232 e. The van der Waals surface area contributed by atoms with Crippen molar-refractivity contribution in [1.29, 1.82) is 0 Å². The van der Waals surface area contributed by atoms with E-state index in [-0.39, 0.29) is 24.2 Å². The minimum atomic E-state index is -0.626. The Balaban J connectivity index is 1.54. The highest BCUT2D eigenvalue weighted by Gasteiger charge is 2.39. The molecular weight excluding hydrogens is 375 g/mol. The van der Waals surface area contributed by atoms with Gasteiger partial charge in [-0.2, -0.15) is 0 Å². The number of piperidine rings is 1. The summed E-state index contributed by atoms with van der Waals surface area (Å²) in [6.45, 7) is 3.28. The summed E-state index contributed by atoms with van der Waals surface area (Å²) in [5, 5.41) is 2.90. The van der Waals surface area contributed by atoms with Crippen molar-refractivity contribution in [3.05, 3.63) is 66.0 Å². The number of nitrogens with one attached hydrogen (secondary N) is 1. The van der Waals surface area contributed by atoms with Gasteiger partial charge < -0.3 is 10.2 Å². The molecule has 0 bridgehead atoms. The van der Waals surface area contributed by atoms with E-state index in [0.717, 1.165) is 23.3 Å². The molecule has 0 aliphatic carbocycles. The summed E-state index contributed by atoms with van der Waals surface area (Å²) >= 11 is 1.51. The Bertz CT molecular complexity index is 830. The normalized spacial score (nSPS) is 19.3. The lowest BCUT2D eigenvalue weighted by atomic mass is 9.81. The molecule has 28 heavy (non-hydrogen) atoms. The van der Waals surface area contributed by atoms with Crippen LogP contribution in [-0.2, 0) is 16.1 Å². The number of benzene rings is 2. The number of nitrogens with zero attached hydrogens (tertiary/aromatic N) is 1. The number of amides is 2. The quantitative estimate of drug-likeness (QED) is 0.749. The Hall–Kier alpha value is -2.34. The first kappa shape index (κ1) is 20.4. The fraction of sp³-hybridized carbons (Fsp3) is 0.364.